The molecular formula is C14H20ClNO3. The van der Waals surface area contributed by atoms with Crippen LogP contribution in [0.25, 0.3) is 0 Å². The summed E-state index contributed by atoms with van der Waals surface area (Å²) in [4.78, 5) is 18.7. The number of halogens is 1. The molecule has 0 N–H and O–H groups in total. The van der Waals surface area contributed by atoms with E-state index in [2.05, 4.69) is 0 Å². The molecule has 0 bridgehead atoms. The monoisotopic (exact) mass is 285 g/mol. The molecule has 4 rings (SSSR count). The topological polar surface area (TPSA) is 38.8 Å². The molecule has 0 amide bonds. The summed E-state index contributed by atoms with van der Waals surface area (Å²) in [6.45, 7) is 0.886. The summed E-state index contributed by atoms with van der Waals surface area (Å²) in [5, 5.41) is 1.14. The fourth-order valence-corrected chi connectivity index (χ4v) is 5.96. The molecule has 0 radical (unpaired) electrons. The highest BCUT2D eigenvalue weighted by Gasteiger charge is 2.84. The maximum atomic E-state index is 12.6. The van der Waals surface area contributed by atoms with E-state index < -0.39 is 10.5 Å². The maximum absolute atomic E-state index is 12.6. The normalized spacial score (nSPS) is 52.0. The summed E-state index contributed by atoms with van der Waals surface area (Å²) in [5.74, 6) is 0.506. The van der Waals surface area contributed by atoms with Crippen molar-refractivity contribution in [1.29, 1.82) is 0 Å². The van der Waals surface area contributed by atoms with Crippen molar-refractivity contribution < 1.29 is 14.4 Å². The Bertz CT molecular complexity index is 431. The molecule has 4 fully saturated rings. The standard InChI is InChI=1S/C14H20ClNO3/c1-18-12(17)13-9-5-2-3-6-10(9)14(13,15)19-16-8-4-7-11(13)16/h9-11H,2-8H2,1H3/t9-,10+,11+,13-,14-/m1/s1. The molecule has 0 unspecified atom stereocenters. The van der Waals surface area contributed by atoms with Gasteiger partial charge in [0.1, 0.15) is 5.41 Å². The first-order valence-corrected chi connectivity index (χ1v) is 7.77. The summed E-state index contributed by atoms with van der Waals surface area (Å²) in [5.41, 5.74) is -0.620. The van der Waals surface area contributed by atoms with Crippen LogP contribution in [0.2, 0.25) is 0 Å². The van der Waals surface area contributed by atoms with Gasteiger partial charge >= 0.3 is 5.97 Å². The number of carbonyl (C=O) groups is 1. The predicted molar refractivity (Wildman–Crippen MR) is 69.3 cm³/mol. The molecule has 5 heteroatoms. The van der Waals surface area contributed by atoms with Crippen LogP contribution in [-0.4, -0.2) is 35.8 Å². The lowest BCUT2D eigenvalue weighted by Crippen LogP contribution is -2.72. The number of nitrogens with zero attached hydrogens (tertiary/aromatic N) is 1. The number of hydrogen-bond acceptors (Lipinski definition) is 4. The molecule has 2 heterocycles. The first-order valence-electron chi connectivity index (χ1n) is 7.39. The molecule has 4 aliphatic rings. The second-order valence-electron chi connectivity index (χ2n) is 6.39. The van der Waals surface area contributed by atoms with Gasteiger partial charge in [-0.05, 0) is 31.6 Å². The molecule has 19 heavy (non-hydrogen) atoms. The van der Waals surface area contributed by atoms with Crippen LogP contribution in [0, 0.1) is 17.3 Å². The average Bonchev–Trinajstić information content (AvgIpc) is 2.94. The highest BCUT2D eigenvalue weighted by Crippen LogP contribution is 2.74. The second kappa shape index (κ2) is 3.86. The van der Waals surface area contributed by atoms with Crippen molar-refractivity contribution in [3.05, 3.63) is 0 Å². The zero-order chi connectivity index (χ0) is 13.3. The van der Waals surface area contributed by atoms with Gasteiger partial charge in [0, 0.05) is 12.5 Å². The van der Waals surface area contributed by atoms with E-state index in [0.717, 1.165) is 32.2 Å². The van der Waals surface area contributed by atoms with Gasteiger partial charge in [-0.1, -0.05) is 24.4 Å². The van der Waals surface area contributed by atoms with Gasteiger partial charge < -0.3 is 4.74 Å². The Morgan fingerprint density at radius 2 is 2.00 bits per heavy atom. The van der Waals surface area contributed by atoms with Gasteiger partial charge in [-0.3, -0.25) is 9.63 Å². The minimum atomic E-state index is -0.837. The highest BCUT2D eigenvalue weighted by molar-refractivity contribution is 6.26. The van der Waals surface area contributed by atoms with Crippen molar-refractivity contribution in [2.24, 2.45) is 17.3 Å². The lowest BCUT2D eigenvalue weighted by molar-refractivity contribution is -0.252. The van der Waals surface area contributed by atoms with Gasteiger partial charge in [-0.2, -0.15) is 5.06 Å². The van der Waals surface area contributed by atoms with Crippen LogP contribution in [-0.2, 0) is 14.4 Å². The van der Waals surface area contributed by atoms with Gasteiger partial charge in [-0.25, -0.2) is 0 Å². The van der Waals surface area contributed by atoms with Crippen molar-refractivity contribution >= 4 is 17.6 Å². The molecule has 0 aromatic heterocycles. The molecule has 5 atom stereocenters. The number of fused-ring (bicyclic) bond motifs is 6. The number of alkyl halides is 1. The maximum Gasteiger partial charge on any atom is 0.318 e. The van der Waals surface area contributed by atoms with Crippen LogP contribution in [0.4, 0.5) is 0 Å². The van der Waals surface area contributed by atoms with Crippen molar-refractivity contribution in [2.75, 3.05) is 13.7 Å². The van der Waals surface area contributed by atoms with Crippen molar-refractivity contribution in [2.45, 2.75) is 49.6 Å². The third-order valence-electron chi connectivity index (χ3n) is 5.89. The van der Waals surface area contributed by atoms with Gasteiger partial charge in [0.2, 0.25) is 0 Å². The summed E-state index contributed by atoms with van der Waals surface area (Å²) in [6.07, 6.45) is 6.62. The Kier molecular flexibility index (Phi) is 2.53. The van der Waals surface area contributed by atoms with Crippen LogP contribution >= 0.6 is 11.6 Å². The van der Waals surface area contributed by atoms with E-state index in [1.165, 1.54) is 20.0 Å². The number of carbonyl (C=O) groups excluding carboxylic acids is 1. The Morgan fingerprint density at radius 1 is 1.26 bits per heavy atom. The molecule has 0 aromatic carbocycles. The number of hydroxylamine groups is 2. The second-order valence-corrected chi connectivity index (χ2v) is 6.95. The summed E-state index contributed by atoms with van der Waals surface area (Å²) in [7, 11) is 1.47. The van der Waals surface area contributed by atoms with Crippen molar-refractivity contribution in [3.8, 4) is 0 Å². The SMILES string of the molecule is COC(=O)[C@]12[C@@H]3CCCC[C@@H]3[C@@]1(Cl)ON1CCC[C@H]12. The first-order chi connectivity index (χ1) is 9.16. The van der Waals surface area contributed by atoms with Gasteiger partial charge in [0.05, 0.1) is 13.2 Å². The zero-order valence-corrected chi connectivity index (χ0v) is 12.0. The smallest absolute Gasteiger partial charge is 0.318 e. The third kappa shape index (κ3) is 1.18. The number of esters is 1. The van der Waals surface area contributed by atoms with E-state index in [9.17, 15) is 4.79 Å². The van der Waals surface area contributed by atoms with Crippen LogP contribution in [0.5, 0.6) is 0 Å². The van der Waals surface area contributed by atoms with Crippen LogP contribution in [0.15, 0.2) is 0 Å². The quantitative estimate of drug-likeness (QED) is 0.547. The van der Waals surface area contributed by atoms with Crippen LogP contribution < -0.4 is 0 Å². The van der Waals surface area contributed by atoms with E-state index >= 15 is 0 Å². The Balaban J connectivity index is 1.81. The van der Waals surface area contributed by atoms with E-state index in [0.29, 0.717) is 11.8 Å². The molecule has 2 aliphatic heterocycles. The van der Waals surface area contributed by atoms with Crippen LogP contribution in [0.3, 0.4) is 0 Å². The molecule has 106 valence electrons. The molecular weight excluding hydrogens is 266 g/mol. The van der Waals surface area contributed by atoms with Crippen molar-refractivity contribution in [1.82, 2.24) is 5.06 Å². The van der Waals surface area contributed by atoms with Gasteiger partial charge in [0.25, 0.3) is 0 Å². The fourth-order valence-electron chi connectivity index (χ4n) is 5.27. The highest BCUT2D eigenvalue weighted by atomic mass is 35.5. The predicted octanol–water partition coefficient (Wildman–Crippen LogP) is 2.31. The molecule has 4 nitrogen and oxygen atoms in total. The Morgan fingerprint density at radius 3 is 2.74 bits per heavy atom. The number of hydrogen-bond donors (Lipinski definition) is 0. The third-order valence-corrected chi connectivity index (χ3v) is 6.56. The molecule has 2 saturated heterocycles. The molecule has 0 aromatic rings. The lowest BCUT2D eigenvalue weighted by atomic mass is 9.44. The molecule has 2 saturated carbocycles. The summed E-state index contributed by atoms with van der Waals surface area (Å²) >= 11 is 6.85. The van der Waals surface area contributed by atoms with Gasteiger partial charge in [-0.15, -0.1) is 0 Å². The molecule has 0 spiro atoms. The number of ether oxygens (including phenoxy) is 1. The average molecular weight is 286 g/mol. The van der Waals surface area contributed by atoms with E-state index in [4.69, 9.17) is 21.2 Å². The minimum Gasteiger partial charge on any atom is -0.468 e. The van der Waals surface area contributed by atoms with E-state index in [1.54, 1.807) is 0 Å². The number of methoxy groups -OCH3 is 1. The van der Waals surface area contributed by atoms with Gasteiger partial charge in [0.15, 0.2) is 5.06 Å². The zero-order valence-electron chi connectivity index (χ0n) is 11.2. The minimum absolute atomic E-state index is 0.122. The fraction of sp³-hybridized carbons (Fsp3) is 0.929. The first kappa shape index (κ1) is 12.4. The number of rotatable bonds is 1. The lowest BCUT2D eigenvalue weighted by Gasteiger charge is -2.62. The van der Waals surface area contributed by atoms with Crippen LogP contribution in [0.1, 0.15) is 38.5 Å². The van der Waals surface area contributed by atoms with Crippen molar-refractivity contribution in [3.63, 3.8) is 0 Å². The van der Waals surface area contributed by atoms with E-state index in [-0.39, 0.29) is 12.0 Å². The summed E-state index contributed by atoms with van der Waals surface area (Å²) < 4.78 is 5.15. The largest absolute Gasteiger partial charge is 0.468 e. The Hall–Kier alpha value is -0.320. The summed E-state index contributed by atoms with van der Waals surface area (Å²) in [6, 6.07) is 0.122. The Labute approximate surface area is 118 Å². The van der Waals surface area contributed by atoms with E-state index in [1.807, 2.05) is 5.06 Å². The molecule has 2 aliphatic carbocycles.